The van der Waals surface area contributed by atoms with E-state index in [0.717, 1.165) is 0 Å². The Morgan fingerprint density at radius 3 is 2.13 bits per heavy atom. The van der Waals surface area contributed by atoms with Crippen LogP contribution in [0.3, 0.4) is 0 Å². The van der Waals surface area contributed by atoms with Crippen molar-refractivity contribution in [2.75, 3.05) is 0 Å². The molecule has 0 aliphatic heterocycles. The van der Waals surface area contributed by atoms with E-state index in [1.165, 1.54) is 25.1 Å². The van der Waals surface area contributed by atoms with Crippen LogP contribution in [0, 0.1) is 0 Å². The fourth-order valence-corrected chi connectivity index (χ4v) is 1.28. The summed E-state index contributed by atoms with van der Waals surface area (Å²) in [7, 11) is 0. The molecule has 1 rings (SSSR count). The molecule has 0 fully saturated rings. The number of carboxylic acids is 1. The highest BCUT2D eigenvalue weighted by Crippen LogP contribution is 2.15. The Bertz CT molecular complexity index is 418. The fourth-order valence-electron chi connectivity index (χ4n) is 1.28. The number of primary amides is 1. The predicted molar refractivity (Wildman–Crippen MR) is 51.9 cm³/mol. The van der Waals surface area contributed by atoms with Crippen LogP contribution in [-0.4, -0.2) is 22.8 Å². The smallest absolute Gasteiger partial charge is 0.337 e. The first kappa shape index (κ1) is 10.9. The Kier molecular flexibility index (Phi) is 2.85. The number of hydrogen-bond acceptors (Lipinski definition) is 3. The highest BCUT2D eigenvalue weighted by atomic mass is 16.4. The van der Waals surface area contributed by atoms with E-state index in [2.05, 4.69) is 0 Å². The summed E-state index contributed by atoms with van der Waals surface area (Å²) in [5.41, 5.74) is 4.50. The topological polar surface area (TPSA) is 97.5 Å². The van der Waals surface area contributed by atoms with Gasteiger partial charge >= 0.3 is 5.97 Å². The van der Waals surface area contributed by atoms with Gasteiger partial charge in [-0.05, 0) is 13.0 Å². The number of benzene rings is 1. The van der Waals surface area contributed by atoms with Crippen molar-refractivity contribution < 1.29 is 19.5 Å². The number of carbonyl (C=O) groups excluding carboxylic acids is 2. The van der Waals surface area contributed by atoms with Gasteiger partial charge in [-0.3, -0.25) is 9.59 Å². The second-order valence-corrected chi connectivity index (χ2v) is 2.95. The first-order valence-corrected chi connectivity index (χ1v) is 4.12. The Morgan fingerprint density at radius 1 is 1.20 bits per heavy atom. The number of carbonyl (C=O) groups is 3. The average molecular weight is 207 g/mol. The summed E-state index contributed by atoms with van der Waals surface area (Å²) in [5.74, 6) is -2.62. The van der Waals surface area contributed by atoms with Gasteiger partial charge in [0.2, 0.25) is 5.91 Å². The Labute approximate surface area is 85.5 Å². The molecule has 0 atom stereocenters. The maximum absolute atomic E-state index is 11.1. The number of amides is 1. The summed E-state index contributed by atoms with van der Waals surface area (Å²) in [6.45, 7) is 1.23. The third-order valence-electron chi connectivity index (χ3n) is 1.92. The Hall–Kier alpha value is -2.17. The van der Waals surface area contributed by atoms with E-state index in [1.54, 1.807) is 0 Å². The van der Waals surface area contributed by atoms with Gasteiger partial charge in [0.15, 0.2) is 5.78 Å². The second kappa shape index (κ2) is 3.91. The van der Waals surface area contributed by atoms with Crippen LogP contribution in [0.2, 0.25) is 0 Å². The van der Waals surface area contributed by atoms with Crippen LogP contribution in [0.15, 0.2) is 18.2 Å². The van der Waals surface area contributed by atoms with E-state index in [9.17, 15) is 14.4 Å². The third-order valence-corrected chi connectivity index (χ3v) is 1.92. The summed E-state index contributed by atoms with van der Waals surface area (Å²) in [5, 5.41) is 8.88. The zero-order valence-electron chi connectivity index (χ0n) is 7.98. The van der Waals surface area contributed by atoms with Crippen molar-refractivity contribution in [3.05, 3.63) is 34.9 Å². The molecule has 0 aromatic heterocycles. The summed E-state index contributed by atoms with van der Waals surface area (Å²) in [4.78, 5) is 33.0. The molecule has 3 N–H and O–H groups in total. The monoisotopic (exact) mass is 207 g/mol. The molecule has 0 unspecified atom stereocenters. The minimum atomic E-state index is -1.34. The molecule has 15 heavy (non-hydrogen) atoms. The molecule has 0 bridgehead atoms. The fraction of sp³-hybridized carbons (Fsp3) is 0.100. The highest BCUT2D eigenvalue weighted by molar-refractivity contribution is 6.11. The summed E-state index contributed by atoms with van der Waals surface area (Å²) >= 11 is 0. The van der Waals surface area contributed by atoms with Crippen molar-refractivity contribution in [1.29, 1.82) is 0 Å². The van der Waals surface area contributed by atoms with Gasteiger partial charge in [0.1, 0.15) is 0 Å². The quantitative estimate of drug-likeness (QED) is 0.712. The van der Waals surface area contributed by atoms with Crippen LogP contribution in [0.5, 0.6) is 0 Å². The predicted octanol–water partition coefficient (Wildman–Crippen LogP) is 0.686. The van der Waals surface area contributed by atoms with E-state index in [-0.39, 0.29) is 16.7 Å². The molecule has 1 aromatic carbocycles. The lowest BCUT2D eigenvalue weighted by Gasteiger charge is -2.06. The third kappa shape index (κ3) is 2.01. The molecule has 0 spiro atoms. The van der Waals surface area contributed by atoms with Gasteiger partial charge < -0.3 is 10.8 Å². The van der Waals surface area contributed by atoms with E-state index in [1.807, 2.05) is 0 Å². The number of rotatable bonds is 3. The SMILES string of the molecule is CC(=O)c1cccc(C(N)=O)c1C(=O)O. The molecule has 0 heterocycles. The number of ketones is 1. The van der Waals surface area contributed by atoms with Crippen LogP contribution in [0.4, 0.5) is 0 Å². The lowest BCUT2D eigenvalue weighted by atomic mass is 9.98. The van der Waals surface area contributed by atoms with Gasteiger partial charge in [0.05, 0.1) is 11.1 Å². The van der Waals surface area contributed by atoms with Gasteiger partial charge in [-0.2, -0.15) is 0 Å². The molecule has 5 heteroatoms. The van der Waals surface area contributed by atoms with Gasteiger partial charge in [-0.15, -0.1) is 0 Å². The van der Waals surface area contributed by atoms with Crippen molar-refractivity contribution in [3.8, 4) is 0 Å². The molecule has 0 aliphatic rings. The van der Waals surface area contributed by atoms with Gasteiger partial charge in [-0.1, -0.05) is 12.1 Å². The number of carboxylic acid groups (broad SMARTS) is 1. The molecule has 1 amide bonds. The Morgan fingerprint density at radius 2 is 1.73 bits per heavy atom. The number of nitrogens with two attached hydrogens (primary N) is 1. The number of hydrogen-bond donors (Lipinski definition) is 2. The van der Waals surface area contributed by atoms with Gasteiger partial charge in [-0.25, -0.2) is 4.79 Å². The first-order valence-electron chi connectivity index (χ1n) is 4.12. The summed E-state index contributed by atoms with van der Waals surface area (Å²) in [6.07, 6.45) is 0. The minimum Gasteiger partial charge on any atom is -0.478 e. The largest absolute Gasteiger partial charge is 0.478 e. The lowest BCUT2D eigenvalue weighted by molar-refractivity contribution is 0.0687. The zero-order chi connectivity index (χ0) is 11.6. The maximum Gasteiger partial charge on any atom is 0.337 e. The van der Waals surface area contributed by atoms with Crippen LogP contribution in [0.1, 0.15) is 38.0 Å². The molecule has 0 saturated carbocycles. The summed E-state index contributed by atoms with van der Waals surface area (Å²) < 4.78 is 0. The van der Waals surface area contributed by atoms with Crippen molar-refractivity contribution >= 4 is 17.7 Å². The van der Waals surface area contributed by atoms with E-state index >= 15 is 0 Å². The van der Waals surface area contributed by atoms with Crippen LogP contribution < -0.4 is 5.73 Å². The Balaban J connectivity index is 3.56. The molecule has 1 aromatic rings. The molecular formula is C10H9NO4. The highest BCUT2D eigenvalue weighted by Gasteiger charge is 2.20. The van der Waals surface area contributed by atoms with Gasteiger partial charge in [0.25, 0.3) is 0 Å². The first-order chi connectivity index (χ1) is 6.95. The van der Waals surface area contributed by atoms with Crippen molar-refractivity contribution in [2.24, 2.45) is 5.73 Å². The van der Waals surface area contributed by atoms with Crippen molar-refractivity contribution in [2.45, 2.75) is 6.92 Å². The standard InChI is InChI=1S/C10H9NO4/c1-5(12)6-3-2-4-7(9(11)13)8(6)10(14)15/h2-4H,1H3,(H2,11,13)(H,14,15). The number of aromatic carboxylic acids is 1. The second-order valence-electron chi connectivity index (χ2n) is 2.95. The zero-order valence-corrected chi connectivity index (χ0v) is 7.98. The van der Waals surface area contributed by atoms with Crippen molar-refractivity contribution in [3.63, 3.8) is 0 Å². The molecule has 0 radical (unpaired) electrons. The minimum absolute atomic E-state index is 0.0150. The summed E-state index contributed by atoms with van der Waals surface area (Å²) in [6, 6.07) is 4.04. The van der Waals surface area contributed by atoms with Crippen LogP contribution in [-0.2, 0) is 0 Å². The molecule has 78 valence electrons. The average Bonchev–Trinajstić information content (AvgIpc) is 2.16. The van der Waals surface area contributed by atoms with E-state index in [0.29, 0.717) is 0 Å². The number of Topliss-reactive ketones (excluding diaryl/α,β-unsaturated/α-hetero) is 1. The van der Waals surface area contributed by atoms with Gasteiger partial charge in [0, 0.05) is 5.56 Å². The normalized spacial score (nSPS) is 9.67. The maximum atomic E-state index is 11.1. The van der Waals surface area contributed by atoms with E-state index in [4.69, 9.17) is 10.8 Å². The molecular weight excluding hydrogens is 198 g/mol. The molecule has 5 nitrogen and oxygen atoms in total. The molecule has 0 saturated heterocycles. The van der Waals surface area contributed by atoms with E-state index < -0.39 is 17.7 Å². The lowest BCUT2D eigenvalue weighted by Crippen LogP contribution is -2.19. The van der Waals surface area contributed by atoms with Crippen LogP contribution in [0.25, 0.3) is 0 Å². The molecule has 0 aliphatic carbocycles. The van der Waals surface area contributed by atoms with Crippen molar-refractivity contribution in [1.82, 2.24) is 0 Å². The van der Waals surface area contributed by atoms with Crippen LogP contribution >= 0.6 is 0 Å².